The van der Waals surface area contributed by atoms with E-state index in [2.05, 4.69) is 34.4 Å². The third kappa shape index (κ3) is 5.16. The number of aromatic nitrogens is 2. The lowest BCUT2D eigenvalue weighted by Crippen LogP contribution is -2.15. The molecule has 148 valence electrons. The monoisotopic (exact) mass is 390 g/mol. The predicted molar refractivity (Wildman–Crippen MR) is 112 cm³/mol. The van der Waals surface area contributed by atoms with Gasteiger partial charge < -0.3 is 15.4 Å². The molecule has 0 unspecified atom stereocenters. The zero-order chi connectivity index (χ0) is 20.8. The molecule has 0 atom stereocenters. The average molecular weight is 390 g/mol. The maximum atomic E-state index is 12.5. The molecule has 1 heterocycles. The Kier molecular flexibility index (Phi) is 6.19. The summed E-state index contributed by atoms with van der Waals surface area (Å²) in [6, 6.07) is 16.0. The van der Waals surface area contributed by atoms with Crippen LogP contribution in [0, 0.1) is 0 Å². The third-order valence-corrected chi connectivity index (χ3v) is 4.26. The van der Waals surface area contributed by atoms with E-state index in [-0.39, 0.29) is 5.69 Å². The van der Waals surface area contributed by atoms with E-state index in [1.54, 1.807) is 24.3 Å². The maximum Gasteiger partial charge on any atom is 0.337 e. The second-order valence-electron chi connectivity index (χ2n) is 6.69. The van der Waals surface area contributed by atoms with E-state index in [1.807, 2.05) is 24.3 Å². The van der Waals surface area contributed by atoms with Gasteiger partial charge in [0.25, 0.3) is 5.91 Å². The summed E-state index contributed by atoms with van der Waals surface area (Å²) in [5.41, 5.74) is 3.08. The first-order valence-electron chi connectivity index (χ1n) is 9.16. The number of hydrogen-bond donors (Lipinski definition) is 2. The Morgan fingerprint density at radius 3 is 2.45 bits per heavy atom. The number of ether oxygens (including phenoxy) is 1. The first-order chi connectivity index (χ1) is 14.0. The van der Waals surface area contributed by atoms with Gasteiger partial charge in [-0.05, 0) is 47.9 Å². The normalized spacial score (nSPS) is 10.5. The number of amides is 1. The number of methoxy groups -OCH3 is 1. The first-order valence-corrected chi connectivity index (χ1v) is 9.16. The predicted octanol–water partition coefficient (Wildman–Crippen LogP) is 4.38. The number of nitrogens with one attached hydrogen (secondary N) is 2. The van der Waals surface area contributed by atoms with Crippen molar-refractivity contribution in [3.63, 3.8) is 0 Å². The Morgan fingerprint density at radius 2 is 1.76 bits per heavy atom. The SMILES string of the molecule is COC(=O)c1cccc(NC(=O)c2ccnc(Nc3ccc(C(C)C)cc3)n2)c1. The van der Waals surface area contributed by atoms with Crippen molar-refractivity contribution in [2.24, 2.45) is 0 Å². The molecule has 0 fully saturated rings. The largest absolute Gasteiger partial charge is 0.465 e. The molecule has 0 radical (unpaired) electrons. The fraction of sp³-hybridized carbons (Fsp3) is 0.182. The molecule has 0 aliphatic heterocycles. The lowest BCUT2D eigenvalue weighted by molar-refractivity contribution is 0.0600. The van der Waals surface area contributed by atoms with Gasteiger partial charge in [0, 0.05) is 17.6 Å². The van der Waals surface area contributed by atoms with Crippen LogP contribution in [0.25, 0.3) is 0 Å². The Bertz CT molecular complexity index is 1020. The molecule has 1 aromatic heterocycles. The lowest BCUT2D eigenvalue weighted by atomic mass is 10.0. The summed E-state index contributed by atoms with van der Waals surface area (Å²) < 4.78 is 4.69. The Hall–Kier alpha value is -3.74. The molecule has 7 nitrogen and oxygen atoms in total. The highest BCUT2D eigenvalue weighted by Crippen LogP contribution is 2.19. The van der Waals surface area contributed by atoms with E-state index in [9.17, 15) is 9.59 Å². The molecule has 0 aliphatic carbocycles. The molecule has 0 saturated heterocycles. The van der Waals surface area contributed by atoms with Crippen LogP contribution in [-0.4, -0.2) is 29.0 Å². The molecule has 3 rings (SSSR count). The molecule has 2 N–H and O–H groups in total. The standard InChI is InChI=1S/C22H22N4O3/c1-14(2)15-7-9-17(10-8-15)25-22-23-12-11-19(26-22)20(27)24-18-6-4-5-16(13-18)21(28)29-3/h4-14H,1-3H3,(H,24,27)(H,23,25,26). The second-order valence-corrected chi connectivity index (χ2v) is 6.69. The highest BCUT2D eigenvalue weighted by atomic mass is 16.5. The van der Waals surface area contributed by atoms with Crippen LogP contribution in [-0.2, 0) is 4.74 Å². The average Bonchev–Trinajstić information content (AvgIpc) is 2.74. The number of carbonyl (C=O) groups is 2. The van der Waals surface area contributed by atoms with Gasteiger partial charge in [0.05, 0.1) is 12.7 Å². The summed E-state index contributed by atoms with van der Waals surface area (Å²) in [5.74, 6) is -0.117. The summed E-state index contributed by atoms with van der Waals surface area (Å²) in [5, 5.41) is 5.82. The summed E-state index contributed by atoms with van der Waals surface area (Å²) in [7, 11) is 1.30. The van der Waals surface area contributed by atoms with E-state index in [0.717, 1.165) is 5.69 Å². The van der Waals surface area contributed by atoms with E-state index in [0.29, 0.717) is 23.1 Å². The van der Waals surface area contributed by atoms with Crippen LogP contribution in [0.1, 0.15) is 46.2 Å². The van der Waals surface area contributed by atoms with Crippen LogP contribution >= 0.6 is 0 Å². The topological polar surface area (TPSA) is 93.2 Å². The van der Waals surface area contributed by atoms with Gasteiger partial charge >= 0.3 is 5.97 Å². The van der Waals surface area contributed by atoms with Crippen LogP contribution in [0.5, 0.6) is 0 Å². The van der Waals surface area contributed by atoms with Gasteiger partial charge in [0.2, 0.25) is 5.95 Å². The zero-order valence-electron chi connectivity index (χ0n) is 16.5. The number of benzene rings is 2. The molecule has 0 bridgehead atoms. The van der Waals surface area contributed by atoms with Crippen LogP contribution in [0.15, 0.2) is 60.8 Å². The number of anilines is 3. The third-order valence-electron chi connectivity index (χ3n) is 4.26. The molecule has 0 aliphatic rings. The van der Waals surface area contributed by atoms with Crippen molar-refractivity contribution in [1.29, 1.82) is 0 Å². The fourth-order valence-electron chi connectivity index (χ4n) is 2.66. The van der Waals surface area contributed by atoms with Crippen LogP contribution in [0.4, 0.5) is 17.3 Å². The molecule has 1 amide bonds. The van der Waals surface area contributed by atoms with Crippen LogP contribution in [0.2, 0.25) is 0 Å². The van der Waals surface area contributed by atoms with Crippen molar-refractivity contribution < 1.29 is 14.3 Å². The van der Waals surface area contributed by atoms with Crippen molar-refractivity contribution in [1.82, 2.24) is 9.97 Å². The Balaban J connectivity index is 1.72. The van der Waals surface area contributed by atoms with Gasteiger partial charge in [-0.1, -0.05) is 32.0 Å². The minimum Gasteiger partial charge on any atom is -0.465 e. The Labute approximate surface area is 169 Å². The number of rotatable bonds is 6. The maximum absolute atomic E-state index is 12.5. The second kappa shape index (κ2) is 8.97. The highest BCUT2D eigenvalue weighted by Gasteiger charge is 2.12. The van der Waals surface area contributed by atoms with Crippen LogP contribution < -0.4 is 10.6 Å². The number of carbonyl (C=O) groups excluding carboxylic acids is 2. The molecular weight excluding hydrogens is 368 g/mol. The molecule has 2 aromatic carbocycles. The molecule has 0 spiro atoms. The first kappa shape index (κ1) is 20.0. The smallest absolute Gasteiger partial charge is 0.337 e. The lowest BCUT2D eigenvalue weighted by Gasteiger charge is -2.09. The summed E-state index contributed by atoms with van der Waals surface area (Å²) in [4.78, 5) is 32.6. The van der Waals surface area contributed by atoms with E-state index < -0.39 is 11.9 Å². The number of hydrogen-bond acceptors (Lipinski definition) is 6. The van der Waals surface area contributed by atoms with Gasteiger partial charge in [-0.25, -0.2) is 14.8 Å². The molecule has 3 aromatic rings. The summed E-state index contributed by atoms with van der Waals surface area (Å²) >= 11 is 0. The van der Waals surface area contributed by atoms with Gasteiger partial charge in [-0.15, -0.1) is 0 Å². The van der Waals surface area contributed by atoms with Crippen molar-refractivity contribution in [2.75, 3.05) is 17.7 Å². The van der Waals surface area contributed by atoms with Gasteiger partial charge in [-0.3, -0.25) is 4.79 Å². The minimum absolute atomic E-state index is 0.199. The van der Waals surface area contributed by atoms with Crippen molar-refractivity contribution in [3.8, 4) is 0 Å². The van der Waals surface area contributed by atoms with E-state index in [1.165, 1.54) is 24.9 Å². The highest BCUT2D eigenvalue weighted by molar-refractivity contribution is 6.03. The number of nitrogens with zero attached hydrogens (tertiary/aromatic N) is 2. The molecule has 7 heteroatoms. The number of esters is 1. The molecular formula is C22H22N4O3. The van der Waals surface area contributed by atoms with Gasteiger partial charge in [0.15, 0.2) is 0 Å². The Morgan fingerprint density at radius 1 is 1.00 bits per heavy atom. The van der Waals surface area contributed by atoms with Crippen LogP contribution in [0.3, 0.4) is 0 Å². The van der Waals surface area contributed by atoms with Gasteiger partial charge in [0.1, 0.15) is 5.69 Å². The molecule has 0 saturated carbocycles. The van der Waals surface area contributed by atoms with Gasteiger partial charge in [-0.2, -0.15) is 0 Å². The summed E-state index contributed by atoms with van der Waals surface area (Å²) in [6.07, 6.45) is 1.51. The van der Waals surface area contributed by atoms with Crippen molar-refractivity contribution in [3.05, 3.63) is 77.6 Å². The van der Waals surface area contributed by atoms with E-state index >= 15 is 0 Å². The minimum atomic E-state index is -0.474. The van der Waals surface area contributed by atoms with E-state index in [4.69, 9.17) is 4.74 Å². The van der Waals surface area contributed by atoms with Crippen molar-refractivity contribution in [2.45, 2.75) is 19.8 Å². The van der Waals surface area contributed by atoms with Crippen molar-refractivity contribution >= 4 is 29.2 Å². The summed E-state index contributed by atoms with van der Waals surface area (Å²) in [6.45, 7) is 4.27. The quantitative estimate of drug-likeness (QED) is 0.607. The zero-order valence-corrected chi connectivity index (χ0v) is 16.5. The fourth-order valence-corrected chi connectivity index (χ4v) is 2.66. The molecule has 29 heavy (non-hydrogen) atoms.